The maximum Gasteiger partial charge on any atom is 0.120 e. The van der Waals surface area contributed by atoms with Crippen LogP contribution >= 0.6 is 0 Å². The minimum atomic E-state index is 0.721. The number of rotatable bonds is 8. The monoisotopic (exact) mass is 225 g/mol. The van der Waals surface area contributed by atoms with Gasteiger partial charge in [0.2, 0.25) is 0 Å². The molecule has 1 aromatic heterocycles. The van der Waals surface area contributed by atoms with Crippen LogP contribution in [0.25, 0.3) is 0 Å². The predicted molar refractivity (Wildman–Crippen MR) is 65.4 cm³/mol. The molecule has 0 spiro atoms. The van der Waals surface area contributed by atoms with E-state index in [1.54, 1.807) is 6.26 Å². The summed E-state index contributed by atoms with van der Waals surface area (Å²) in [6, 6.07) is 1.98. The molecule has 0 amide bonds. The smallest absolute Gasteiger partial charge is 0.120 e. The molecule has 1 rings (SSSR count). The lowest BCUT2D eigenvalue weighted by atomic mass is 10.1. The second-order valence-corrected chi connectivity index (χ2v) is 4.50. The van der Waals surface area contributed by atoms with Crippen molar-refractivity contribution < 1.29 is 9.15 Å². The number of hydrogen-bond acceptors (Lipinski definition) is 3. The lowest BCUT2D eigenvalue weighted by Gasteiger charge is -2.07. The lowest BCUT2D eigenvalue weighted by Crippen LogP contribution is -2.19. The minimum absolute atomic E-state index is 0.721. The molecule has 1 N–H and O–H groups in total. The quantitative estimate of drug-likeness (QED) is 0.691. The van der Waals surface area contributed by atoms with Crippen LogP contribution in [0.1, 0.15) is 31.6 Å². The SMILES string of the molecule is Cc1ccoc1CNCCOCCC(C)C. The second-order valence-electron chi connectivity index (χ2n) is 4.50. The van der Waals surface area contributed by atoms with Gasteiger partial charge in [0.1, 0.15) is 5.76 Å². The topological polar surface area (TPSA) is 34.4 Å². The van der Waals surface area contributed by atoms with Gasteiger partial charge in [-0.25, -0.2) is 0 Å². The van der Waals surface area contributed by atoms with E-state index in [1.807, 2.05) is 6.07 Å². The Kier molecular flexibility index (Phi) is 6.19. The fraction of sp³-hybridized carbons (Fsp3) is 0.692. The van der Waals surface area contributed by atoms with Gasteiger partial charge in [0, 0.05) is 13.2 Å². The summed E-state index contributed by atoms with van der Waals surface area (Å²) in [5.74, 6) is 1.74. The van der Waals surface area contributed by atoms with E-state index in [4.69, 9.17) is 9.15 Å². The van der Waals surface area contributed by atoms with Gasteiger partial charge in [0.05, 0.1) is 19.4 Å². The molecule has 92 valence electrons. The number of aryl methyl sites for hydroxylation is 1. The van der Waals surface area contributed by atoms with E-state index < -0.39 is 0 Å². The Hall–Kier alpha value is -0.800. The Bertz CT molecular complexity index is 281. The van der Waals surface area contributed by atoms with Gasteiger partial charge in [-0.15, -0.1) is 0 Å². The van der Waals surface area contributed by atoms with Crippen molar-refractivity contribution in [3.05, 3.63) is 23.7 Å². The summed E-state index contributed by atoms with van der Waals surface area (Å²) in [5, 5.41) is 3.30. The molecule has 3 nitrogen and oxygen atoms in total. The molecular formula is C13H23NO2. The Labute approximate surface area is 98.2 Å². The average molecular weight is 225 g/mol. The van der Waals surface area contributed by atoms with Gasteiger partial charge in [-0.2, -0.15) is 0 Å². The maximum atomic E-state index is 5.50. The van der Waals surface area contributed by atoms with Crippen molar-refractivity contribution in [3.63, 3.8) is 0 Å². The highest BCUT2D eigenvalue weighted by atomic mass is 16.5. The fourth-order valence-corrected chi connectivity index (χ4v) is 1.35. The first kappa shape index (κ1) is 13.3. The van der Waals surface area contributed by atoms with E-state index in [0.29, 0.717) is 0 Å². The third-order valence-electron chi connectivity index (χ3n) is 2.52. The van der Waals surface area contributed by atoms with E-state index in [2.05, 4.69) is 26.1 Å². The van der Waals surface area contributed by atoms with Crippen LogP contribution in [0.4, 0.5) is 0 Å². The Balaban J connectivity index is 1.94. The van der Waals surface area contributed by atoms with Gasteiger partial charge in [-0.1, -0.05) is 13.8 Å². The molecule has 0 radical (unpaired) electrons. The summed E-state index contributed by atoms with van der Waals surface area (Å²) >= 11 is 0. The zero-order chi connectivity index (χ0) is 11.8. The standard InChI is InChI=1S/C13H23NO2/c1-11(2)4-7-15-9-6-14-10-13-12(3)5-8-16-13/h5,8,11,14H,4,6-7,9-10H2,1-3H3. The summed E-state index contributed by atoms with van der Waals surface area (Å²) in [6.07, 6.45) is 2.86. The highest BCUT2D eigenvalue weighted by molar-refractivity contribution is 5.13. The summed E-state index contributed by atoms with van der Waals surface area (Å²) in [4.78, 5) is 0. The first-order valence-corrected chi connectivity index (χ1v) is 6.01. The largest absolute Gasteiger partial charge is 0.468 e. The van der Waals surface area contributed by atoms with Crippen molar-refractivity contribution in [2.45, 2.75) is 33.7 Å². The van der Waals surface area contributed by atoms with E-state index in [-0.39, 0.29) is 0 Å². The van der Waals surface area contributed by atoms with Crippen LogP contribution in [-0.4, -0.2) is 19.8 Å². The highest BCUT2D eigenvalue weighted by Crippen LogP contribution is 2.07. The minimum Gasteiger partial charge on any atom is -0.468 e. The number of furan rings is 1. The molecule has 0 aliphatic rings. The Morgan fingerprint density at radius 2 is 2.19 bits per heavy atom. The number of nitrogens with one attached hydrogen (secondary N) is 1. The Morgan fingerprint density at radius 3 is 2.81 bits per heavy atom. The molecule has 1 aromatic rings. The Morgan fingerprint density at radius 1 is 1.38 bits per heavy atom. The molecule has 0 saturated heterocycles. The zero-order valence-corrected chi connectivity index (χ0v) is 10.6. The number of hydrogen-bond donors (Lipinski definition) is 1. The zero-order valence-electron chi connectivity index (χ0n) is 10.6. The van der Waals surface area contributed by atoms with Crippen molar-refractivity contribution in [3.8, 4) is 0 Å². The molecule has 3 heteroatoms. The molecule has 0 unspecified atom stereocenters. The molecule has 0 atom stereocenters. The second kappa shape index (κ2) is 7.47. The first-order chi connectivity index (χ1) is 7.70. The molecule has 0 aliphatic heterocycles. The normalized spacial score (nSPS) is 11.2. The third kappa shape index (κ3) is 5.33. The van der Waals surface area contributed by atoms with Crippen LogP contribution < -0.4 is 5.32 Å². The average Bonchev–Trinajstić information content (AvgIpc) is 2.62. The van der Waals surface area contributed by atoms with Crippen LogP contribution in [0.15, 0.2) is 16.7 Å². The highest BCUT2D eigenvalue weighted by Gasteiger charge is 2.00. The van der Waals surface area contributed by atoms with Crippen molar-refractivity contribution in [1.29, 1.82) is 0 Å². The predicted octanol–water partition coefficient (Wildman–Crippen LogP) is 2.74. The molecular weight excluding hydrogens is 202 g/mol. The molecule has 0 fully saturated rings. The van der Waals surface area contributed by atoms with E-state index >= 15 is 0 Å². The van der Waals surface area contributed by atoms with Gasteiger partial charge in [0.25, 0.3) is 0 Å². The van der Waals surface area contributed by atoms with Crippen molar-refractivity contribution in [2.75, 3.05) is 19.8 Å². The molecule has 16 heavy (non-hydrogen) atoms. The van der Waals surface area contributed by atoms with Crippen molar-refractivity contribution in [1.82, 2.24) is 5.32 Å². The van der Waals surface area contributed by atoms with Crippen LogP contribution in [0, 0.1) is 12.8 Å². The summed E-state index contributed by atoms with van der Waals surface area (Å²) in [7, 11) is 0. The van der Waals surface area contributed by atoms with Crippen LogP contribution in [0.5, 0.6) is 0 Å². The van der Waals surface area contributed by atoms with Crippen LogP contribution in [0.2, 0.25) is 0 Å². The van der Waals surface area contributed by atoms with Crippen molar-refractivity contribution in [2.24, 2.45) is 5.92 Å². The molecule has 1 heterocycles. The van der Waals surface area contributed by atoms with Gasteiger partial charge < -0.3 is 14.5 Å². The fourth-order valence-electron chi connectivity index (χ4n) is 1.35. The van der Waals surface area contributed by atoms with Gasteiger partial charge in [-0.05, 0) is 30.9 Å². The van der Waals surface area contributed by atoms with Crippen molar-refractivity contribution >= 4 is 0 Å². The maximum absolute atomic E-state index is 5.50. The van der Waals surface area contributed by atoms with Gasteiger partial charge >= 0.3 is 0 Å². The molecule has 0 aromatic carbocycles. The molecule has 0 aliphatic carbocycles. The van der Waals surface area contributed by atoms with Crippen LogP contribution in [0.3, 0.4) is 0 Å². The van der Waals surface area contributed by atoms with E-state index in [9.17, 15) is 0 Å². The van der Waals surface area contributed by atoms with Crippen LogP contribution in [-0.2, 0) is 11.3 Å². The molecule has 0 saturated carbocycles. The van der Waals surface area contributed by atoms with E-state index in [0.717, 1.165) is 44.4 Å². The summed E-state index contributed by atoms with van der Waals surface area (Å²) < 4.78 is 10.8. The lowest BCUT2D eigenvalue weighted by molar-refractivity contribution is 0.125. The summed E-state index contributed by atoms with van der Waals surface area (Å²) in [6.45, 7) is 9.76. The van der Waals surface area contributed by atoms with Gasteiger partial charge in [-0.3, -0.25) is 0 Å². The molecule has 0 bridgehead atoms. The third-order valence-corrected chi connectivity index (χ3v) is 2.52. The van der Waals surface area contributed by atoms with E-state index in [1.165, 1.54) is 5.56 Å². The summed E-state index contributed by atoms with van der Waals surface area (Å²) in [5.41, 5.74) is 1.20. The number of ether oxygens (including phenoxy) is 1. The first-order valence-electron chi connectivity index (χ1n) is 6.01. The van der Waals surface area contributed by atoms with Gasteiger partial charge in [0.15, 0.2) is 0 Å².